The summed E-state index contributed by atoms with van der Waals surface area (Å²) in [6.45, 7) is 4.25. The Kier molecular flexibility index (Phi) is 9.76. The van der Waals surface area contributed by atoms with Gasteiger partial charge in [0.15, 0.2) is 0 Å². The molecule has 1 rings (SSSR count). The van der Waals surface area contributed by atoms with Crippen molar-refractivity contribution >= 4 is 11.9 Å². The molecule has 0 bridgehead atoms. The Morgan fingerprint density at radius 3 is 2.29 bits per heavy atom. The molecule has 0 heterocycles. The number of esters is 2. The monoisotopic (exact) mass is 336 g/mol. The largest absolute Gasteiger partial charge is 0.508 e. The van der Waals surface area contributed by atoms with E-state index in [1.54, 1.807) is 24.3 Å². The van der Waals surface area contributed by atoms with Crippen LogP contribution < -0.4 is 4.74 Å². The molecule has 0 saturated carbocycles. The molecule has 24 heavy (non-hydrogen) atoms. The van der Waals surface area contributed by atoms with Crippen LogP contribution >= 0.6 is 0 Å². The zero-order valence-corrected chi connectivity index (χ0v) is 13.7. The first kappa shape index (κ1) is 19.5. The van der Waals surface area contributed by atoms with E-state index in [-0.39, 0.29) is 24.7 Å². The van der Waals surface area contributed by atoms with E-state index >= 15 is 0 Å². The molecule has 1 N–H and O–H groups in total. The van der Waals surface area contributed by atoms with Crippen LogP contribution in [-0.4, -0.2) is 36.9 Å². The summed E-state index contributed by atoms with van der Waals surface area (Å²) in [4.78, 5) is 22.1. The Labute approximate surface area is 142 Å². The zero-order valence-electron chi connectivity index (χ0n) is 13.7. The van der Waals surface area contributed by atoms with Crippen LogP contribution in [0.25, 0.3) is 0 Å². The van der Waals surface area contributed by atoms with Crippen LogP contribution in [0.4, 0.5) is 0 Å². The number of carbonyl (C=O) groups is 2. The van der Waals surface area contributed by atoms with Crippen molar-refractivity contribution in [3.05, 3.63) is 36.9 Å². The summed E-state index contributed by atoms with van der Waals surface area (Å²) < 4.78 is 15.3. The van der Waals surface area contributed by atoms with E-state index in [9.17, 15) is 9.59 Å². The molecule has 0 atom stereocenters. The Balaban J connectivity index is 1.91. The van der Waals surface area contributed by atoms with Gasteiger partial charge in [-0.2, -0.15) is 0 Å². The number of hydrogen-bond donors (Lipinski definition) is 1. The molecule has 132 valence electrons. The molecule has 0 aliphatic heterocycles. The molecule has 0 saturated heterocycles. The van der Waals surface area contributed by atoms with Crippen molar-refractivity contribution in [2.45, 2.75) is 32.1 Å². The molecule has 0 fully saturated rings. The average molecular weight is 336 g/mol. The fourth-order valence-electron chi connectivity index (χ4n) is 1.84. The van der Waals surface area contributed by atoms with E-state index in [0.29, 0.717) is 13.2 Å². The van der Waals surface area contributed by atoms with Gasteiger partial charge in [-0.3, -0.25) is 4.79 Å². The predicted molar refractivity (Wildman–Crippen MR) is 88.8 cm³/mol. The number of rotatable bonds is 12. The fourth-order valence-corrected chi connectivity index (χ4v) is 1.84. The second-order valence-corrected chi connectivity index (χ2v) is 5.10. The van der Waals surface area contributed by atoms with Crippen LogP contribution in [0.2, 0.25) is 0 Å². The van der Waals surface area contributed by atoms with Gasteiger partial charge in [0.1, 0.15) is 18.1 Å². The van der Waals surface area contributed by atoms with E-state index in [2.05, 4.69) is 6.58 Å². The Morgan fingerprint density at radius 1 is 0.958 bits per heavy atom. The van der Waals surface area contributed by atoms with Crippen molar-refractivity contribution in [1.29, 1.82) is 0 Å². The molecule has 6 nitrogen and oxygen atoms in total. The maximum Gasteiger partial charge on any atom is 0.330 e. The summed E-state index contributed by atoms with van der Waals surface area (Å²) in [6, 6.07) is 6.62. The third kappa shape index (κ3) is 9.50. The normalized spacial score (nSPS) is 10.0. The van der Waals surface area contributed by atoms with Crippen molar-refractivity contribution in [3.63, 3.8) is 0 Å². The third-order valence-corrected chi connectivity index (χ3v) is 3.12. The summed E-state index contributed by atoms with van der Waals surface area (Å²) >= 11 is 0. The first-order chi connectivity index (χ1) is 11.6. The van der Waals surface area contributed by atoms with Crippen molar-refractivity contribution < 1.29 is 28.9 Å². The zero-order chi connectivity index (χ0) is 17.6. The van der Waals surface area contributed by atoms with E-state index in [0.717, 1.165) is 37.5 Å². The van der Waals surface area contributed by atoms with Crippen LogP contribution in [0, 0.1) is 0 Å². The summed E-state index contributed by atoms with van der Waals surface area (Å²) in [7, 11) is 0. The number of benzene rings is 1. The Morgan fingerprint density at radius 2 is 1.62 bits per heavy atom. The van der Waals surface area contributed by atoms with Gasteiger partial charge in [0.05, 0.1) is 19.6 Å². The third-order valence-electron chi connectivity index (χ3n) is 3.12. The smallest absolute Gasteiger partial charge is 0.330 e. The summed E-state index contributed by atoms with van der Waals surface area (Å²) in [5.74, 6) is 0.0366. The number of aromatic hydroxyl groups is 1. The van der Waals surface area contributed by atoms with Gasteiger partial charge in [0.2, 0.25) is 0 Å². The van der Waals surface area contributed by atoms with Crippen LogP contribution in [0.15, 0.2) is 36.9 Å². The van der Waals surface area contributed by atoms with Crippen LogP contribution in [0.5, 0.6) is 11.5 Å². The number of ether oxygens (including phenoxy) is 3. The van der Waals surface area contributed by atoms with Gasteiger partial charge in [-0.25, -0.2) is 4.79 Å². The lowest BCUT2D eigenvalue weighted by atomic mass is 10.2. The van der Waals surface area contributed by atoms with Gasteiger partial charge < -0.3 is 19.3 Å². The molecule has 0 aliphatic rings. The Bertz CT molecular complexity index is 509. The highest BCUT2D eigenvalue weighted by Crippen LogP contribution is 2.16. The van der Waals surface area contributed by atoms with Crippen molar-refractivity contribution in [2.75, 3.05) is 19.8 Å². The summed E-state index contributed by atoms with van der Waals surface area (Å²) in [6.07, 6.45) is 4.73. The SMILES string of the molecule is C=CC(=O)OCCC(=O)OCCCCCCOc1ccc(O)cc1. The summed E-state index contributed by atoms with van der Waals surface area (Å²) in [5, 5.41) is 9.15. The number of hydrogen-bond acceptors (Lipinski definition) is 6. The second-order valence-electron chi connectivity index (χ2n) is 5.10. The van der Waals surface area contributed by atoms with E-state index in [1.807, 2.05) is 0 Å². The highest BCUT2D eigenvalue weighted by molar-refractivity contribution is 5.81. The van der Waals surface area contributed by atoms with Crippen LogP contribution in [0.1, 0.15) is 32.1 Å². The van der Waals surface area contributed by atoms with Crippen LogP contribution in [-0.2, 0) is 19.1 Å². The van der Waals surface area contributed by atoms with Crippen LogP contribution in [0.3, 0.4) is 0 Å². The van der Waals surface area contributed by atoms with E-state index in [1.165, 1.54) is 0 Å². The quantitative estimate of drug-likeness (QED) is 0.359. The van der Waals surface area contributed by atoms with Gasteiger partial charge >= 0.3 is 11.9 Å². The second kappa shape index (κ2) is 12.0. The standard InChI is InChI=1S/C18H24O6/c1-2-17(20)24-14-11-18(21)23-13-6-4-3-5-12-22-16-9-7-15(19)8-10-16/h2,7-10,19H,1,3-6,11-14H2. The van der Waals surface area contributed by atoms with Crippen molar-refractivity contribution in [3.8, 4) is 11.5 Å². The molecule has 0 aromatic heterocycles. The molecule has 1 aromatic carbocycles. The molecular formula is C18H24O6. The molecule has 0 unspecified atom stereocenters. The van der Waals surface area contributed by atoms with Gasteiger partial charge in [0.25, 0.3) is 0 Å². The highest BCUT2D eigenvalue weighted by atomic mass is 16.5. The predicted octanol–water partition coefficient (Wildman–Crippen LogP) is 2.99. The first-order valence-electron chi connectivity index (χ1n) is 7.98. The molecule has 0 spiro atoms. The molecule has 6 heteroatoms. The molecule has 0 radical (unpaired) electrons. The molecular weight excluding hydrogens is 312 g/mol. The summed E-state index contributed by atoms with van der Waals surface area (Å²) in [5.41, 5.74) is 0. The minimum Gasteiger partial charge on any atom is -0.508 e. The lowest BCUT2D eigenvalue weighted by molar-refractivity contribution is -0.147. The average Bonchev–Trinajstić information content (AvgIpc) is 2.58. The molecule has 1 aromatic rings. The highest BCUT2D eigenvalue weighted by Gasteiger charge is 2.04. The fraction of sp³-hybridized carbons (Fsp3) is 0.444. The molecule has 0 amide bonds. The first-order valence-corrected chi connectivity index (χ1v) is 7.98. The van der Waals surface area contributed by atoms with Gasteiger partial charge in [0, 0.05) is 6.08 Å². The lowest BCUT2D eigenvalue weighted by Gasteiger charge is -2.07. The number of carbonyl (C=O) groups excluding carboxylic acids is 2. The van der Waals surface area contributed by atoms with Gasteiger partial charge in [-0.15, -0.1) is 0 Å². The molecule has 0 aliphatic carbocycles. The number of phenolic OH excluding ortho intramolecular Hbond substituents is 1. The minimum atomic E-state index is -0.544. The number of unbranched alkanes of at least 4 members (excludes halogenated alkanes) is 3. The van der Waals surface area contributed by atoms with Gasteiger partial charge in [-0.1, -0.05) is 6.58 Å². The van der Waals surface area contributed by atoms with E-state index < -0.39 is 5.97 Å². The minimum absolute atomic E-state index is 0.0122. The van der Waals surface area contributed by atoms with Gasteiger partial charge in [-0.05, 0) is 49.9 Å². The van der Waals surface area contributed by atoms with E-state index in [4.69, 9.17) is 19.3 Å². The Hall–Kier alpha value is -2.50. The maximum absolute atomic E-state index is 11.4. The number of phenols is 1. The van der Waals surface area contributed by atoms with Crippen molar-refractivity contribution in [2.24, 2.45) is 0 Å². The maximum atomic E-state index is 11.4. The van der Waals surface area contributed by atoms with Crippen molar-refractivity contribution in [1.82, 2.24) is 0 Å². The lowest BCUT2D eigenvalue weighted by Crippen LogP contribution is -2.11. The topological polar surface area (TPSA) is 82.1 Å².